The first-order valence-corrected chi connectivity index (χ1v) is 5.57. The summed E-state index contributed by atoms with van der Waals surface area (Å²) >= 11 is 0. The number of rotatable bonds is 4. The standard InChI is InChI=1S/C14H12O5/c1-19-9-5-6-10-8(7-9)3-2-4-11(10)12(13(15)16)14(17)18/h2-7,12H,1H3,(H,15,16)(H,17,18). The lowest BCUT2D eigenvalue weighted by Crippen LogP contribution is -2.21. The maximum Gasteiger partial charge on any atom is 0.322 e. The molecule has 0 aliphatic heterocycles. The fraction of sp³-hybridized carbons (Fsp3) is 0.143. The van der Waals surface area contributed by atoms with Crippen LogP contribution in [0, 0.1) is 0 Å². The molecule has 0 saturated heterocycles. The third kappa shape index (κ3) is 2.35. The van der Waals surface area contributed by atoms with E-state index in [0.717, 1.165) is 5.39 Å². The Kier molecular flexibility index (Phi) is 3.37. The van der Waals surface area contributed by atoms with Crippen LogP contribution < -0.4 is 4.74 Å². The minimum atomic E-state index is -1.57. The van der Waals surface area contributed by atoms with Gasteiger partial charge < -0.3 is 14.9 Å². The monoisotopic (exact) mass is 260 g/mol. The van der Waals surface area contributed by atoms with Crippen LogP contribution in [0.1, 0.15) is 11.5 Å². The second kappa shape index (κ2) is 4.97. The first-order chi connectivity index (χ1) is 9.04. The molecule has 0 amide bonds. The Morgan fingerprint density at radius 3 is 2.37 bits per heavy atom. The Labute approximate surface area is 109 Å². The summed E-state index contributed by atoms with van der Waals surface area (Å²) in [6.45, 7) is 0. The highest BCUT2D eigenvalue weighted by Gasteiger charge is 2.29. The summed E-state index contributed by atoms with van der Waals surface area (Å²) in [6, 6.07) is 10.0. The number of carbonyl (C=O) groups is 2. The molecule has 5 nitrogen and oxygen atoms in total. The van der Waals surface area contributed by atoms with Crippen LogP contribution in [0.2, 0.25) is 0 Å². The molecular formula is C14H12O5. The summed E-state index contributed by atoms with van der Waals surface area (Å²) in [5.74, 6) is -3.70. The molecule has 2 aromatic carbocycles. The largest absolute Gasteiger partial charge is 0.497 e. The molecule has 0 fully saturated rings. The molecular weight excluding hydrogens is 248 g/mol. The number of methoxy groups -OCH3 is 1. The molecule has 0 bridgehead atoms. The first-order valence-electron chi connectivity index (χ1n) is 5.57. The van der Waals surface area contributed by atoms with Gasteiger partial charge in [0.15, 0.2) is 5.92 Å². The second-order valence-corrected chi connectivity index (χ2v) is 4.04. The lowest BCUT2D eigenvalue weighted by molar-refractivity contribution is -0.149. The van der Waals surface area contributed by atoms with Gasteiger partial charge in [-0.25, -0.2) is 0 Å². The summed E-state index contributed by atoms with van der Waals surface area (Å²) in [7, 11) is 1.53. The van der Waals surface area contributed by atoms with E-state index in [9.17, 15) is 9.59 Å². The normalized spacial score (nSPS) is 10.6. The van der Waals surface area contributed by atoms with E-state index in [-0.39, 0.29) is 5.56 Å². The van der Waals surface area contributed by atoms with E-state index in [1.165, 1.54) is 13.2 Å². The summed E-state index contributed by atoms with van der Waals surface area (Å²) in [6.07, 6.45) is 0. The number of ether oxygens (including phenoxy) is 1. The van der Waals surface area contributed by atoms with Crippen LogP contribution in [-0.4, -0.2) is 29.3 Å². The fourth-order valence-electron chi connectivity index (χ4n) is 2.04. The molecule has 19 heavy (non-hydrogen) atoms. The van der Waals surface area contributed by atoms with E-state index in [1.807, 2.05) is 0 Å². The number of carboxylic acids is 2. The van der Waals surface area contributed by atoms with Gasteiger partial charge >= 0.3 is 11.9 Å². The van der Waals surface area contributed by atoms with Crippen molar-refractivity contribution >= 4 is 22.7 Å². The van der Waals surface area contributed by atoms with Crippen molar-refractivity contribution in [2.75, 3.05) is 7.11 Å². The van der Waals surface area contributed by atoms with Gasteiger partial charge in [-0.05, 0) is 28.5 Å². The number of carboxylic acid groups (broad SMARTS) is 2. The van der Waals surface area contributed by atoms with Crippen LogP contribution in [-0.2, 0) is 9.59 Å². The smallest absolute Gasteiger partial charge is 0.322 e. The zero-order valence-electron chi connectivity index (χ0n) is 10.2. The lowest BCUT2D eigenvalue weighted by Gasteiger charge is -2.12. The molecule has 0 aliphatic carbocycles. The molecule has 5 heteroatoms. The van der Waals surface area contributed by atoms with Gasteiger partial charge in [0.1, 0.15) is 5.75 Å². The topological polar surface area (TPSA) is 83.8 Å². The predicted octanol–water partition coefficient (Wildman–Crippen LogP) is 2.10. The summed E-state index contributed by atoms with van der Waals surface area (Å²) in [5, 5.41) is 19.4. The molecule has 0 radical (unpaired) electrons. The third-order valence-electron chi connectivity index (χ3n) is 2.93. The number of aliphatic carboxylic acids is 2. The molecule has 0 aliphatic rings. The highest BCUT2D eigenvalue weighted by Crippen LogP contribution is 2.29. The van der Waals surface area contributed by atoms with E-state index in [2.05, 4.69) is 0 Å². The van der Waals surface area contributed by atoms with Gasteiger partial charge in [0.05, 0.1) is 7.11 Å². The molecule has 2 rings (SSSR count). The van der Waals surface area contributed by atoms with Crippen molar-refractivity contribution in [2.24, 2.45) is 0 Å². The highest BCUT2D eigenvalue weighted by molar-refractivity contribution is 6.03. The van der Waals surface area contributed by atoms with E-state index in [0.29, 0.717) is 11.1 Å². The van der Waals surface area contributed by atoms with Crippen molar-refractivity contribution in [3.8, 4) is 5.75 Å². The highest BCUT2D eigenvalue weighted by atomic mass is 16.5. The summed E-state index contributed by atoms with van der Waals surface area (Å²) in [4.78, 5) is 22.2. The van der Waals surface area contributed by atoms with Crippen molar-refractivity contribution in [1.82, 2.24) is 0 Å². The quantitative estimate of drug-likeness (QED) is 0.822. The molecule has 0 heterocycles. The minimum absolute atomic E-state index is 0.264. The van der Waals surface area contributed by atoms with Crippen LogP contribution in [0.4, 0.5) is 0 Å². The molecule has 0 atom stereocenters. The lowest BCUT2D eigenvalue weighted by atomic mass is 9.93. The average Bonchev–Trinajstić information content (AvgIpc) is 2.37. The van der Waals surface area contributed by atoms with Crippen LogP contribution in [0.15, 0.2) is 36.4 Å². The maximum atomic E-state index is 11.1. The van der Waals surface area contributed by atoms with Crippen molar-refractivity contribution in [1.29, 1.82) is 0 Å². The molecule has 98 valence electrons. The van der Waals surface area contributed by atoms with Gasteiger partial charge in [0.25, 0.3) is 0 Å². The van der Waals surface area contributed by atoms with Gasteiger partial charge in [-0.15, -0.1) is 0 Å². The van der Waals surface area contributed by atoms with Crippen LogP contribution >= 0.6 is 0 Å². The second-order valence-electron chi connectivity index (χ2n) is 4.04. The predicted molar refractivity (Wildman–Crippen MR) is 68.5 cm³/mol. The molecule has 0 aromatic heterocycles. The zero-order chi connectivity index (χ0) is 14.0. The summed E-state index contributed by atoms with van der Waals surface area (Å²) in [5.41, 5.74) is 0.264. The molecule has 2 N–H and O–H groups in total. The Balaban J connectivity index is 2.66. The molecule has 0 spiro atoms. The number of hydrogen-bond acceptors (Lipinski definition) is 3. The van der Waals surface area contributed by atoms with Gasteiger partial charge in [-0.3, -0.25) is 9.59 Å². The Bertz CT molecular complexity index is 633. The Morgan fingerprint density at radius 1 is 1.11 bits per heavy atom. The SMILES string of the molecule is COc1ccc2c(C(C(=O)O)C(=O)O)cccc2c1. The average molecular weight is 260 g/mol. The van der Waals surface area contributed by atoms with Gasteiger partial charge in [-0.2, -0.15) is 0 Å². The van der Waals surface area contributed by atoms with Crippen molar-refractivity contribution in [3.63, 3.8) is 0 Å². The van der Waals surface area contributed by atoms with Crippen molar-refractivity contribution in [3.05, 3.63) is 42.0 Å². The summed E-state index contributed by atoms with van der Waals surface area (Å²) < 4.78 is 5.08. The van der Waals surface area contributed by atoms with E-state index in [4.69, 9.17) is 14.9 Å². The van der Waals surface area contributed by atoms with Gasteiger partial charge in [-0.1, -0.05) is 24.3 Å². The third-order valence-corrected chi connectivity index (χ3v) is 2.93. The van der Waals surface area contributed by atoms with Crippen molar-refractivity contribution in [2.45, 2.75) is 5.92 Å². The fourth-order valence-corrected chi connectivity index (χ4v) is 2.04. The van der Waals surface area contributed by atoms with E-state index in [1.54, 1.807) is 30.3 Å². The minimum Gasteiger partial charge on any atom is -0.497 e. The Morgan fingerprint density at radius 2 is 1.79 bits per heavy atom. The number of fused-ring (bicyclic) bond motifs is 1. The molecule has 0 saturated carbocycles. The maximum absolute atomic E-state index is 11.1. The van der Waals surface area contributed by atoms with Gasteiger partial charge in [0.2, 0.25) is 0 Å². The van der Waals surface area contributed by atoms with E-state index >= 15 is 0 Å². The van der Waals surface area contributed by atoms with E-state index < -0.39 is 17.9 Å². The van der Waals surface area contributed by atoms with Gasteiger partial charge in [0, 0.05) is 0 Å². The van der Waals surface area contributed by atoms with Crippen LogP contribution in [0.5, 0.6) is 5.75 Å². The van der Waals surface area contributed by atoms with Crippen LogP contribution in [0.3, 0.4) is 0 Å². The molecule has 0 unspecified atom stereocenters. The first kappa shape index (κ1) is 12.9. The zero-order valence-corrected chi connectivity index (χ0v) is 10.2. The van der Waals surface area contributed by atoms with Crippen molar-refractivity contribution < 1.29 is 24.5 Å². The number of benzene rings is 2. The Hall–Kier alpha value is -2.56. The number of hydrogen-bond donors (Lipinski definition) is 2. The van der Waals surface area contributed by atoms with Crippen LogP contribution in [0.25, 0.3) is 10.8 Å². The molecule has 2 aromatic rings.